The number of furan rings is 1. The highest BCUT2D eigenvalue weighted by Gasteiger charge is 2.28. The van der Waals surface area contributed by atoms with Gasteiger partial charge in [0.15, 0.2) is 28.6 Å². The van der Waals surface area contributed by atoms with Gasteiger partial charge in [-0.2, -0.15) is 9.49 Å². The molecular formula is C24H22FN3O7. The Balaban J connectivity index is 1.96. The van der Waals surface area contributed by atoms with Crippen molar-refractivity contribution in [2.75, 3.05) is 28.4 Å². The van der Waals surface area contributed by atoms with Crippen molar-refractivity contribution in [2.24, 2.45) is 5.73 Å². The first kappa shape index (κ1) is 23.6. The molecule has 11 heteroatoms. The molecule has 0 aliphatic carbocycles. The van der Waals surface area contributed by atoms with Gasteiger partial charge in [-0.15, -0.1) is 0 Å². The van der Waals surface area contributed by atoms with E-state index in [1.165, 1.54) is 69.8 Å². The molecule has 2 aromatic heterocycles. The third kappa shape index (κ3) is 4.12. The number of halogens is 1. The Labute approximate surface area is 198 Å². The van der Waals surface area contributed by atoms with E-state index in [1.807, 2.05) is 0 Å². The van der Waals surface area contributed by atoms with Crippen molar-refractivity contribution < 1.29 is 37.3 Å². The lowest BCUT2D eigenvalue weighted by molar-refractivity contribution is -0.118. The van der Waals surface area contributed by atoms with Crippen molar-refractivity contribution in [1.29, 1.82) is 0 Å². The fourth-order valence-electron chi connectivity index (χ4n) is 3.78. The summed E-state index contributed by atoms with van der Waals surface area (Å²) in [6.45, 7) is -0.182. The molecule has 0 saturated heterocycles. The Morgan fingerprint density at radius 1 is 1.03 bits per heavy atom. The van der Waals surface area contributed by atoms with Gasteiger partial charge in [-0.25, -0.2) is 0 Å². The number of ketones is 1. The van der Waals surface area contributed by atoms with Gasteiger partial charge < -0.3 is 29.1 Å². The van der Waals surface area contributed by atoms with Crippen molar-refractivity contribution in [1.82, 2.24) is 9.78 Å². The zero-order chi connectivity index (χ0) is 25.3. The maximum atomic E-state index is 15.1. The molecule has 0 fully saturated rings. The molecule has 0 spiro atoms. The molecule has 0 saturated carbocycles. The number of carbonyl (C=O) groups excluding carboxylic acids is 2. The Morgan fingerprint density at radius 3 is 2.26 bits per heavy atom. The van der Waals surface area contributed by atoms with E-state index in [9.17, 15) is 9.59 Å². The zero-order valence-electron chi connectivity index (χ0n) is 19.4. The van der Waals surface area contributed by atoms with Gasteiger partial charge in [0.05, 0.1) is 45.8 Å². The summed E-state index contributed by atoms with van der Waals surface area (Å²) in [5, 5.41) is 4.30. The molecule has 0 radical (unpaired) electrons. The van der Waals surface area contributed by atoms with E-state index < -0.39 is 17.5 Å². The van der Waals surface area contributed by atoms with E-state index >= 15 is 4.39 Å². The van der Waals surface area contributed by atoms with Gasteiger partial charge in [0.25, 0.3) is 0 Å². The van der Waals surface area contributed by atoms with Crippen molar-refractivity contribution in [2.45, 2.75) is 6.54 Å². The number of hydrogen-bond acceptors (Lipinski definition) is 8. The molecule has 0 aliphatic rings. The Bertz CT molecular complexity index is 1420. The predicted octanol–water partition coefficient (Wildman–Crippen LogP) is 3.19. The number of methoxy groups -OCH3 is 4. The molecule has 2 heterocycles. The second-order valence-electron chi connectivity index (χ2n) is 7.40. The number of amides is 1. The lowest BCUT2D eigenvalue weighted by Gasteiger charge is -2.13. The fourth-order valence-corrected chi connectivity index (χ4v) is 3.78. The lowest BCUT2D eigenvalue weighted by atomic mass is 9.97. The van der Waals surface area contributed by atoms with E-state index in [-0.39, 0.29) is 51.6 Å². The number of benzene rings is 2. The molecule has 2 N–H and O–H groups in total. The number of hydrogen-bond donors (Lipinski definition) is 1. The second kappa shape index (κ2) is 9.37. The standard InChI is InChI=1S/C24H22FN3O7/c1-31-15-6-5-14-19(21(30)12-7-16(32-2)24(34-4)17(8-12)33-3)22(35-23(14)20(15)25)13-9-27-28(10-13)11-18(26)29/h5-10H,11H2,1-4H3,(H2,26,29). The quantitative estimate of drug-likeness (QED) is 0.360. The maximum Gasteiger partial charge on any atom is 0.239 e. The summed E-state index contributed by atoms with van der Waals surface area (Å²) in [7, 11) is 5.63. The van der Waals surface area contributed by atoms with Crippen LogP contribution in [0.2, 0.25) is 0 Å². The van der Waals surface area contributed by atoms with E-state index in [0.717, 1.165) is 0 Å². The molecule has 0 bridgehead atoms. The molecule has 35 heavy (non-hydrogen) atoms. The number of carbonyl (C=O) groups is 2. The highest BCUT2D eigenvalue weighted by molar-refractivity contribution is 6.20. The Hall–Kier alpha value is -4.54. The molecule has 0 aliphatic heterocycles. The third-order valence-electron chi connectivity index (χ3n) is 5.35. The van der Waals surface area contributed by atoms with Crippen molar-refractivity contribution in [3.63, 3.8) is 0 Å². The summed E-state index contributed by atoms with van der Waals surface area (Å²) in [6, 6.07) is 5.91. The molecule has 10 nitrogen and oxygen atoms in total. The summed E-state index contributed by atoms with van der Waals surface area (Å²) in [5.74, 6) is -1.000. The van der Waals surface area contributed by atoms with E-state index in [4.69, 9.17) is 29.1 Å². The SMILES string of the molecule is COc1cc(C(=O)c2c(-c3cnn(CC(N)=O)c3)oc3c(F)c(OC)ccc23)cc(OC)c1OC. The smallest absolute Gasteiger partial charge is 0.239 e. The van der Waals surface area contributed by atoms with Gasteiger partial charge >= 0.3 is 0 Å². The first-order valence-electron chi connectivity index (χ1n) is 10.3. The number of nitrogens with two attached hydrogens (primary N) is 1. The maximum absolute atomic E-state index is 15.1. The molecule has 2 aromatic carbocycles. The summed E-state index contributed by atoms with van der Waals surface area (Å²) >= 11 is 0. The number of rotatable bonds is 9. The largest absolute Gasteiger partial charge is 0.494 e. The van der Waals surface area contributed by atoms with Crippen LogP contribution < -0.4 is 24.7 Å². The predicted molar refractivity (Wildman–Crippen MR) is 123 cm³/mol. The number of primary amides is 1. The van der Waals surface area contributed by atoms with Gasteiger partial charge in [-0.05, 0) is 24.3 Å². The van der Waals surface area contributed by atoms with Gasteiger partial charge in [-0.3, -0.25) is 14.3 Å². The Kier molecular flexibility index (Phi) is 6.32. The Morgan fingerprint density at radius 2 is 1.69 bits per heavy atom. The number of nitrogens with zero attached hydrogens (tertiary/aromatic N) is 2. The van der Waals surface area contributed by atoms with Crippen LogP contribution in [0.15, 0.2) is 41.1 Å². The van der Waals surface area contributed by atoms with Crippen LogP contribution in [0.25, 0.3) is 22.3 Å². The summed E-state index contributed by atoms with van der Waals surface area (Å²) in [5.41, 5.74) is 5.68. The normalized spacial score (nSPS) is 10.9. The number of ether oxygens (including phenoxy) is 4. The number of aromatic nitrogens is 2. The third-order valence-corrected chi connectivity index (χ3v) is 5.35. The van der Waals surface area contributed by atoms with Crippen molar-refractivity contribution in [3.05, 3.63) is 53.6 Å². The molecule has 0 atom stereocenters. The van der Waals surface area contributed by atoms with E-state index in [1.54, 1.807) is 0 Å². The molecular weight excluding hydrogens is 461 g/mol. The highest BCUT2D eigenvalue weighted by atomic mass is 19.1. The monoisotopic (exact) mass is 483 g/mol. The summed E-state index contributed by atoms with van der Waals surface area (Å²) in [6.07, 6.45) is 2.87. The summed E-state index contributed by atoms with van der Waals surface area (Å²) in [4.78, 5) is 25.1. The average Bonchev–Trinajstić information content (AvgIpc) is 3.47. The topological polar surface area (TPSA) is 128 Å². The average molecular weight is 483 g/mol. The minimum absolute atomic E-state index is 0.0472. The highest BCUT2D eigenvalue weighted by Crippen LogP contribution is 2.42. The minimum Gasteiger partial charge on any atom is -0.494 e. The first-order valence-corrected chi connectivity index (χ1v) is 10.3. The molecule has 0 unspecified atom stereocenters. The van der Waals surface area contributed by atoms with Crippen molar-refractivity contribution in [3.8, 4) is 34.3 Å². The molecule has 1 amide bonds. The van der Waals surface area contributed by atoms with Crippen LogP contribution in [0.1, 0.15) is 15.9 Å². The summed E-state index contributed by atoms with van der Waals surface area (Å²) < 4.78 is 43.3. The zero-order valence-corrected chi connectivity index (χ0v) is 19.4. The van der Waals surface area contributed by atoms with Crippen LogP contribution in [-0.2, 0) is 11.3 Å². The number of fused-ring (bicyclic) bond motifs is 1. The van der Waals surface area contributed by atoms with Crippen molar-refractivity contribution >= 4 is 22.7 Å². The van der Waals surface area contributed by atoms with Crippen LogP contribution >= 0.6 is 0 Å². The van der Waals surface area contributed by atoms with Crippen LogP contribution in [0.5, 0.6) is 23.0 Å². The van der Waals surface area contributed by atoms with Crippen LogP contribution in [-0.4, -0.2) is 49.9 Å². The molecule has 4 rings (SSSR count). The van der Waals surface area contributed by atoms with Gasteiger partial charge in [0.2, 0.25) is 17.5 Å². The first-order chi connectivity index (χ1) is 16.8. The van der Waals surface area contributed by atoms with Crippen LogP contribution in [0.4, 0.5) is 4.39 Å². The minimum atomic E-state index is -0.764. The van der Waals surface area contributed by atoms with Crippen LogP contribution in [0, 0.1) is 5.82 Å². The lowest BCUT2D eigenvalue weighted by Crippen LogP contribution is -2.18. The molecule has 182 valence electrons. The van der Waals surface area contributed by atoms with E-state index in [2.05, 4.69) is 5.10 Å². The molecule has 4 aromatic rings. The fraction of sp³-hybridized carbons (Fsp3) is 0.208. The van der Waals surface area contributed by atoms with Gasteiger partial charge in [0, 0.05) is 17.1 Å². The van der Waals surface area contributed by atoms with Gasteiger partial charge in [0.1, 0.15) is 12.3 Å². The van der Waals surface area contributed by atoms with E-state index in [0.29, 0.717) is 11.3 Å². The van der Waals surface area contributed by atoms with Crippen LogP contribution in [0.3, 0.4) is 0 Å². The van der Waals surface area contributed by atoms with Gasteiger partial charge in [-0.1, -0.05) is 0 Å². The second-order valence-corrected chi connectivity index (χ2v) is 7.40.